The second-order valence-corrected chi connectivity index (χ2v) is 5.90. The van der Waals surface area contributed by atoms with E-state index in [1.807, 2.05) is 42.5 Å². The van der Waals surface area contributed by atoms with Gasteiger partial charge in [-0.15, -0.1) is 0 Å². The van der Waals surface area contributed by atoms with E-state index in [1.54, 1.807) is 24.3 Å². The second kappa shape index (κ2) is 6.80. The minimum absolute atomic E-state index is 0.221. The maximum Gasteiger partial charge on any atom is 0.123 e. The van der Waals surface area contributed by atoms with Crippen LogP contribution < -0.4 is 0 Å². The largest absolute Gasteiger partial charge is 0.508 e. The number of benzene rings is 3. The predicted molar refractivity (Wildman–Crippen MR) is 95.8 cm³/mol. The highest BCUT2D eigenvalue weighted by Crippen LogP contribution is 2.36. The lowest BCUT2D eigenvalue weighted by Crippen LogP contribution is -1.91. The zero-order valence-electron chi connectivity index (χ0n) is 12.2. The molecule has 0 aliphatic heterocycles. The topological polar surface area (TPSA) is 20.2 Å². The first-order valence-electron chi connectivity index (χ1n) is 7.15. The van der Waals surface area contributed by atoms with E-state index in [9.17, 15) is 9.50 Å². The van der Waals surface area contributed by atoms with Gasteiger partial charge in [0.15, 0.2) is 0 Å². The van der Waals surface area contributed by atoms with Gasteiger partial charge in [0.05, 0.1) is 0 Å². The molecule has 0 bridgehead atoms. The van der Waals surface area contributed by atoms with Gasteiger partial charge in [0.1, 0.15) is 11.6 Å². The van der Waals surface area contributed by atoms with Gasteiger partial charge in [-0.25, -0.2) is 4.39 Å². The maximum atomic E-state index is 13.2. The molecule has 3 rings (SSSR count). The van der Waals surface area contributed by atoms with Crippen molar-refractivity contribution in [2.45, 2.75) is 0 Å². The Balaban J connectivity index is 2.20. The molecule has 3 heteroatoms. The van der Waals surface area contributed by atoms with Gasteiger partial charge in [0.25, 0.3) is 0 Å². The normalized spacial score (nSPS) is 11.9. The van der Waals surface area contributed by atoms with Crippen LogP contribution in [0.5, 0.6) is 5.75 Å². The lowest BCUT2D eigenvalue weighted by atomic mass is 9.95. The molecule has 23 heavy (non-hydrogen) atoms. The molecule has 0 atom stereocenters. The van der Waals surface area contributed by atoms with Crippen molar-refractivity contribution < 1.29 is 9.50 Å². The van der Waals surface area contributed by atoms with E-state index >= 15 is 0 Å². The van der Waals surface area contributed by atoms with Crippen LogP contribution in [0.4, 0.5) is 4.39 Å². The Kier molecular flexibility index (Phi) is 4.58. The minimum Gasteiger partial charge on any atom is -0.508 e. The number of hydrogen-bond donors (Lipinski definition) is 1. The number of aromatic hydroxyl groups is 1. The number of hydrogen-bond acceptors (Lipinski definition) is 1. The number of phenols is 1. The molecular weight excluding hydrogens is 355 g/mol. The average Bonchev–Trinajstić information content (AvgIpc) is 2.58. The minimum atomic E-state index is -0.264. The van der Waals surface area contributed by atoms with Gasteiger partial charge in [-0.2, -0.15) is 0 Å². The molecule has 3 aromatic rings. The van der Waals surface area contributed by atoms with Crippen LogP contribution in [0.3, 0.4) is 0 Å². The molecule has 0 aliphatic rings. The molecule has 0 heterocycles. The van der Waals surface area contributed by atoms with Crippen LogP contribution in [0.15, 0.2) is 78.9 Å². The van der Waals surface area contributed by atoms with Crippen molar-refractivity contribution in [2.24, 2.45) is 0 Å². The van der Waals surface area contributed by atoms with Gasteiger partial charge in [-0.1, -0.05) is 54.6 Å². The Labute approximate surface area is 142 Å². The zero-order chi connectivity index (χ0) is 16.2. The highest BCUT2D eigenvalue weighted by molar-refractivity contribution is 9.15. The highest BCUT2D eigenvalue weighted by atomic mass is 79.9. The van der Waals surface area contributed by atoms with E-state index in [-0.39, 0.29) is 11.6 Å². The van der Waals surface area contributed by atoms with Crippen LogP contribution >= 0.6 is 15.9 Å². The average molecular weight is 369 g/mol. The number of halogens is 2. The molecule has 114 valence electrons. The van der Waals surface area contributed by atoms with Gasteiger partial charge < -0.3 is 5.11 Å². The van der Waals surface area contributed by atoms with Crippen molar-refractivity contribution in [3.8, 4) is 5.75 Å². The van der Waals surface area contributed by atoms with E-state index in [0.29, 0.717) is 0 Å². The van der Waals surface area contributed by atoms with Gasteiger partial charge in [0.2, 0.25) is 0 Å². The fraction of sp³-hybridized carbons (Fsp3) is 0. The maximum absolute atomic E-state index is 13.2. The quantitative estimate of drug-likeness (QED) is 0.575. The summed E-state index contributed by atoms with van der Waals surface area (Å²) in [7, 11) is 0. The molecule has 3 aromatic carbocycles. The fourth-order valence-corrected chi connectivity index (χ4v) is 3.12. The third-order valence-corrected chi connectivity index (χ3v) is 4.39. The molecule has 0 saturated heterocycles. The van der Waals surface area contributed by atoms with Crippen LogP contribution in [-0.4, -0.2) is 5.11 Å². The first kappa shape index (κ1) is 15.5. The first-order valence-corrected chi connectivity index (χ1v) is 7.95. The van der Waals surface area contributed by atoms with Crippen molar-refractivity contribution in [1.29, 1.82) is 0 Å². The molecule has 0 radical (unpaired) electrons. The van der Waals surface area contributed by atoms with E-state index in [4.69, 9.17) is 0 Å². The lowest BCUT2D eigenvalue weighted by Gasteiger charge is -2.13. The molecule has 0 saturated carbocycles. The Morgan fingerprint density at radius 1 is 0.696 bits per heavy atom. The monoisotopic (exact) mass is 368 g/mol. The van der Waals surface area contributed by atoms with E-state index in [0.717, 1.165) is 26.7 Å². The molecule has 0 amide bonds. The first-order chi connectivity index (χ1) is 11.1. The molecule has 1 nitrogen and oxygen atoms in total. The van der Waals surface area contributed by atoms with Crippen LogP contribution in [0.2, 0.25) is 0 Å². The van der Waals surface area contributed by atoms with Gasteiger partial charge in [-0.3, -0.25) is 0 Å². The Morgan fingerprint density at radius 3 is 1.83 bits per heavy atom. The van der Waals surface area contributed by atoms with Crippen LogP contribution in [0, 0.1) is 5.82 Å². The predicted octanol–water partition coefficient (Wildman–Crippen LogP) is 5.84. The Bertz CT molecular complexity index is 822. The molecular formula is C20H14BrFO. The molecule has 0 fully saturated rings. The summed E-state index contributed by atoms with van der Waals surface area (Å²) in [5.41, 5.74) is 3.87. The van der Waals surface area contributed by atoms with Crippen LogP contribution in [-0.2, 0) is 0 Å². The smallest absolute Gasteiger partial charge is 0.123 e. The van der Waals surface area contributed by atoms with Crippen molar-refractivity contribution in [1.82, 2.24) is 0 Å². The summed E-state index contributed by atoms with van der Waals surface area (Å²) >= 11 is 3.66. The van der Waals surface area contributed by atoms with Crippen molar-refractivity contribution >= 4 is 26.0 Å². The van der Waals surface area contributed by atoms with Gasteiger partial charge in [-0.05, 0) is 56.9 Å². The van der Waals surface area contributed by atoms with Crippen molar-refractivity contribution in [2.75, 3.05) is 0 Å². The number of phenolic OH excluding ortho intramolecular Hbond substituents is 1. The van der Waals surface area contributed by atoms with E-state index < -0.39 is 0 Å². The third-order valence-electron chi connectivity index (χ3n) is 3.54. The third kappa shape index (κ3) is 3.51. The molecule has 0 unspecified atom stereocenters. The van der Waals surface area contributed by atoms with Gasteiger partial charge in [0, 0.05) is 10.1 Å². The Hall–Kier alpha value is -2.39. The second-order valence-electron chi connectivity index (χ2n) is 5.11. The summed E-state index contributed by atoms with van der Waals surface area (Å²) in [6.45, 7) is 0. The summed E-state index contributed by atoms with van der Waals surface area (Å²) in [6, 6.07) is 23.3. The zero-order valence-corrected chi connectivity index (χ0v) is 13.8. The van der Waals surface area contributed by atoms with Crippen molar-refractivity contribution in [3.63, 3.8) is 0 Å². The lowest BCUT2D eigenvalue weighted by molar-refractivity contribution is 0.475. The van der Waals surface area contributed by atoms with Crippen LogP contribution in [0.25, 0.3) is 10.1 Å². The van der Waals surface area contributed by atoms with E-state index in [2.05, 4.69) is 15.9 Å². The van der Waals surface area contributed by atoms with Crippen LogP contribution in [0.1, 0.15) is 16.7 Å². The Morgan fingerprint density at radius 2 is 1.22 bits per heavy atom. The summed E-state index contributed by atoms with van der Waals surface area (Å²) in [4.78, 5) is 0. The number of rotatable bonds is 3. The molecule has 0 aliphatic carbocycles. The molecule has 0 spiro atoms. The fourth-order valence-electron chi connectivity index (χ4n) is 2.39. The SMILES string of the molecule is Oc1ccc(/C(=C(\Br)c2ccc(F)cc2)c2ccccc2)cc1. The summed E-state index contributed by atoms with van der Waals surface area (Å²) in [6.07, 6.45) is 0. The summed E-state index contributed by atoms with van der Waals surface area (Å²) in [5, 5.41) is 9.53. The molecule has 1 N–H and O–H groups in total. The van der Waals surface area contributed by atoms with Crippen molar-refractivity contribution in [3.05, 3.63) is 101 Å². The summed E-state index contributed by atoms with van der Waals surface area (Å²) in [5.74, 6) is -0.0426. The summed E-state index contributed by atoms with van der Waals surface area (Å²) < 4.78 is 14.1. The standard InChI is InChI=1S/C20H14BrFO/c21-20(16-6-10-17(22)11-7-16)19(14-4-2-1-3-5-14)15-8-12-18(23)13-9-15/h1-13,23H/b20-19-. The van der Waals surface area contributed by atoms with Gasteiger partial charge >= 0.3 is 0 Å². The highest BCUT2D eigenvalue weighted by Gasteiger charge is 2.12. The van der Waals surface area contributed by atoms with E-state index in [1.165, 1.54) is 12.1 Å². The molecule has 0 aromatic heterocycles.